The maximum atomic E-state index is 9.42. The van der Waals surface area contributed by atoms with E-state index in [-0.39, 0.29) is 17.5 Å². The Bertz CT molecular complexity index is 542. The van der Waals surface area contributed by atoms with Gasteiger partial charge in [0.15, 0.2) is 23.4 Å². The van der Waals surface area contributed by atoms with Crippen LogP contribution in [0.2, 0.25) is 0 Å². The summed E-state index contributed by atoms with van der Waals surface area (Å²) in [6.07, 6.45) is 0.681. The van der Waals surface area contributed by atoms with Gasteiger partial charge >= 0.3 is 0 Å². The Morgan fingerprint density at radius 2 is 2.20 bits per heavy atom. The van der Waals surface area contributed by atoms with E-state index in [1.807, 2.05) is 6.92 Å². The molecule has 2 rings (SSSR count). The summed E-state index contributed by atoms with van der Waals surface area (Å²) in [7, 11) is 0. The summed E-state index contributed by atoms with van der Waals surface area (Å²) in [6.45, 7) is 3.15. The van der Waals surface area contributed by atoms with E-state index < -0.39 is 0 Å². The molecular weight excluding hydrogens is 258 g/mol. The number of hydrogen-bond donors (Lipinski definition) is 5. The molecule has 0 saturated heterocycles. The molecule has 0 amide bonds. The quantitative estimate of drug-likeness (QED) is 0.495. The van der Waals surface area contributed by atoms with Crippen LogP contribution in [0, 0.1) is 0 Å². The molecule has 0 radical (unpaired) electrons. The molecule has 108 valence electrons. The van der Waals surface area contributed by atoms with Crippen molar-refractivity contribution in [2.24, 2.45) is 15.7 Å². The van der Waals surface area contributed by atoms with Crippen LogP contribution in [0.15, 0.2) is 28.2 Å². The first kappa shape index (κ1) is 14.0. The van der Waals surface area contributed by atoms with E-state index >= 15 is 0 Å². The lowest BCUT2D eigenvalue weighted by Gasteiger charge is -2.11. The van der Waals surface area contributed by atoms with Crippen molar-refractivity contribution in [1.82, 2.24) is 10.6 Å². The molecule has 0 saturated carbocycles. The fourth-order valence-corrected chi connectivity index (χ4v) is 1.82. The highest BCUT2D eigenvalue weighted by atomic mass is 16.3. The van der Waals surface area contributed by atoms with E-state index in [1.165, 1.54) is 12.1 Å². The molecule has 1 aliphatic rings. The average molecular weight is 277 g/mol. The number of guanidine groups is 2. The standard InChI is InChI=1S/C13H19N5O2/c1-8-7-16-12(14)18-13(17-8)15-5-4-9-2-3-10(19)11(20)6-9/h2-3,6,8,19-20H,4-5,7H2,1H3,(H4,14,15,16,17,18)/t8-/m0/s1. The van der Waals surface area contributed by atoms with Crippen molar-refractivity contribution in [1.29, 1.82) is 0 Å². The Morgan fingerprint density at radius 1 is 1.40 bits per heavy atom. The Labute approximate surface area is 117 Å². The molecule has 6 N–H and O–H groups in total. The Kier molecular flexibility index (Phi) is 4.29. The largest absolute Gasteiger partial charge is 0.504 e. The van der Waals surface area contributed by atoms with Gasteiger partial charge < -0.3 is 21.3 Å². The van der Waals surface area contributed by atoms with E-state index in [9.17, 15) is 10.2 Å². The van der Waals surface area contributed by atoms with E-state index in [0.717, 1.165) is 5.56 Å². The Balaban J connectivity index is 1.89. The van der Waals surface area contributed by atoms with Gasteiger partial charge in [-0.05, 0) is 31.0 Å². The van der Waals surface area contributed by atoms with Crippen molar-refractivity contribution < 1.29 is 10.2 Å². The highest BCUT2D eigenvalue weighted by Crippen LogP contribution is 2.24. The molecule has 0 bridgehead atoms. The molecule has 7 heteroatoms. The maximum Gasteiger partial charge on any atom is 0.198 e. The normalized spacial score (nSPS) is 18.6. The minimum Gasteiger partial charge on any atom is -0.504 e. The molecule has 7 nitrogen and oxygen atoms in total. The number of benzene rings is 1. The van der Waals surface area contributed by atoms with Gasteiger partial charge in [-0.2, -0.15) is 0 Å². The van der Waals surface area contributed by atoms with Crippen LogP contribution in [0.5, 0.6) is 11.5 Å². The summed E-state index contributed by atoms with van der Waals surface area (Å²) in [5.41, 5.74) is 6.58. The first-order valence-electron chi connectivity index (χ1n) is 6.44. The van der Waals surface area contributed by atoms with Gasteiger partial charge in [-0.25, -0.2) is 4.99 Å². The minimum atomic E-state index is -0.116. The summed E-state index contributed by atoms with van der Waals surface area (Å²) < 4.78 is 0. The van der Waals surface area contributed by atoms with Gasteiger partial charge in [0.1, 0.15) is 0 Å². The number of phenols is 2. The Hall–Kier alpha value is -2.44. The summed E-state index contributed by atoms with van der Waals surface area (Å²) in [5, 5.41) is 24.7. The monoisotopic (exact) mass is 277 g/mol. The molecule has 20 heavy (non-hydrogen) atoms. The van der Waals surface area contributed by atoms with Crippen LogP contribution in [0.25, 0.3) is 0 Å². The second kappa shape index (κ2) is 6.14. The van der Waals surface area contributed by atoms with Gasteiger partial charge in [-0.15, -0.1) is 0 Å². The number of nitrogens with zero attached hydrogens (tertiary/aromatic N) is 2. The topological polar surface area (TPSA) is 115 Å². The molecule has 1 aromatic rings. The van der Waals surface area contributed by atoms with Crippen LogP contribution < -0.4 is 16.4 Å². The van der Waals surface area contributed by atoms with Crippen LogP contribution in [0.1, 0.15) is 12.5 Å². The van der Waals surface area contributed by atoms with E-state index in [0.29, 0.717) is 31.4 Å². The summed E-state index contributed by atoms with van der Waals surface area (Å²) in [4.78, 5) is 8.51. The SMILES string of the molecule is C[C@H]1CN=C(N)NC(NCCc2ccc(O)c(O)c2)=N1. The van der Waals surface area contributed by atoms with Crippen LogP contribution in [-0.2, 0) is 6.42 Å². The number of aliphatic imine (C=N–C) groups is 2. The van der Waals surface area contributed by atoms with Crippen LogP contribution in [0.3, 0.4) is 0 Å². The molecule has 0 spiro atoms. The third-order valence-electron chi connectivity index (χ3n) is 2.87. The lowest BCUT2D eigenvalue weighted by molar-refractivity contribution is 0.403. The second-order valence-corrected chi connectivity index (χ2v) is 4.68. The van der Waals surface area contributed by atoms with E-state index in [2.05, 4.69) is 20.6 Å². The second-order valence-electron chi connectivity index (χ2n) is 4.68. The molecule has 0 unspecified atom stereocenters. The summed E-state index contributed by atoms with van der Waals surface area (Å²) in [6, 6.07) is 4.84. The average Bonchev–Trinajstić information content (AvgIpc) is 2.55. The van der Waals surface area contributed by atoms with Gasteiger partial charge in [0.05, 0.1) is 12.6 Å². The van der Waals surface area contributed by atoms with Gasteiger partial charge in [0.2, 0.25) is 0 Å². The number of aromatic hydroxyl groups is 2. The fraction of sp³-hybridized carbons (Fsp3) is 0.385. The van der Waals surface area contributed by atoms with Crippen molar-refractivity contribution >= 4 is 11.9 Å². The zero-order valence-electron chi connectivity index (χ0n) is 11.3. The predicted molar refractivity (Wildman–Crippen MR) is 78.0 cm³/mol. The smallest absolute Gasteiger partial charge is 0.198 e. The highest BCUT2D eigenvalue weighted by Gasteiger charge is 2.09. The number of rotatable bonds is 3. The highest BCUT2D eigenvalue weighted by molar-refractivity contribution is 5.98. The van der Waals surface area contributed by atoms with Crippen molar-refractivity contribution in [3.8, 4) is 11.5 Å². The third-order valence-corrected chi connectivity index (χ3v) is 2.87. The van der Waals surface area contributed by atoms with E-state index in [1.54, 1.807) is 6.07 Å². The summed E-state index contributed by atoms with van der Waals surface area (Å²) in [5.74, 6) is 0.717. The molecule has 1 aliphatic heterocycles. The fourth-order valence-electron chi connectivity index (χ4n) is 1.82. The zero-order chi connectivity index (χ0) is 14.5. The van der Waals surface area contributed by atoms with Gasteiger partial charge in [-0.1, -0.05) is 6.07 Å². The van der Waals surface area contributed by atoms with E-state index in [4.69, 9.17) is 5.73 Å². The minimum absolute atomic E-state index is 0.0729. The third kappa shape index (κ3) is 3.78. The lowest BCUT2D eigenvalue weighted by atomic mass is 10.1. The number of nitrogens with one attached hydrogen (secondary N) is 2. The van der Waals surface area contributed by atoms with Crippen molar-refractivity contribution in [3.63, 3.8) is 0 Å². The molecule has 1 heterocycles. The molecular formula is C13H19N5O2. The predicted octanol–water partition coefficient (Wildman–Crippen LogP) is -0.108. The van der Waals surface area contributed by atoms with Gasteiger partial charge in [0, 0.05) is 6.54 Å². The van der Waals surface area contributed by atoms with Crippen LogP contribution in [0.4, 0.5) is 0 Å². The molecule has 0 aliphatic carbocycles. The molecule has 0 aromatic heterocycles. The van der Waals surface area contributed by atoms with Crippen LogP contribution in [-0.4, -0.2) is 41.3 Å². The zero-order valence-corrected chi connectivity index (χ0v) is 11.3. The van der Waals surface area contributed by atoms with Gasteiger partial charge in [-0.3, -0.25) is 10.3 Å². The lowest BCUT2D eigenvalue weighted by Crippen LogP contribution is -2.44. The van der Waals surface area contributed by atoms with Gasteiger partial charge in [0.25, 0.3) is 0 Å². The first-order valence-corrected chi connectivity index (χ1v) is 6.44. The maximum absolute atomic E-state index is 9.42. The summed E-state index contributed by atoms with van der Waals surface area (Å²) >= 11 is 0. The number of nitrogens with two attached hydrogens (primary N) is 1. The first-order chi connectivity index (χ1) is 9.54. The molecule has 0 fully saturated rings. The van der Waals surface area contributed by atoms with Crippen molar-refractivity contribution in [3.05, 3.63) is 23.8 Å². The molecule has 1 atom stereocenters. The number of hydrogen-bond acceptors (Lipinski definition) is 7. The van der Waals surface area contributed by atoms with Crippen LogP contribution >= 0.6 is 0 Å². The van der Waals surface area contributed by atoms with Crippen molar-refractivity contribution in [2.75, 3.05) is 13.1 Å². The number of phenolic OH excluding ortho intramolecular Hbond substituents is 2. The molecule has 1 aromatic carbocycles. The van der Waals surface area contributed by atoms with Crippen molar-refractivity contribution in [2.45, 2.75) is 19.4 Å². The Morgan fingerprint density at radius 3 is 2.95 bits per heavy atom.